The van der Waals surface area contributed by atoms with Gasteiger partial charge in [0.1, 0.15) is 0 Å². The van der Waals surface area contributed by atoms with Crippen LogP contribution in [-0.2, 0) is 7.05 Å². The highest BCUT2D eigenvalue weighted by atomic mass is 32.2. The molecule has 2 aromatic rings. The van der Waals surface area contributed by atoms with Crippen LogP contribution in [0.25, 0.3) is 0 Å². The third kappa shape index (κ3) is 2.30. The summed E-state index contributed by atoms with van der Waals surface area (Å²) >= 11 is 3.09. The minimum Gasteiger partial charge on any atom is -0.297 e. The molecule has 0 aromatic carbocycles. The van der Waals surface area contributed by atoms with Crippen molar-refractivity contribution >= 4 is 29.4 Å². The Labute approximate surface area is 96.1 Å². The van der Waals surface area contributed by atoms with Crippen LogP contribution >= 0.6 is 23.1 Å². The summed E-state index contributed by atoms with van der Waals surface area (Å²) in [7, 11) is 1.92. The maximum atomic E-state index is 10.5. The predicted octanol–water partition coefficient (Wildman–Crippen LogP) is 2.75. The van der Waals surface area contributed by atoms with Crippen molar-refractivity contribution in [1.29, 1.82) is 0 Å². The SMILES string of the molecule is Cc1cc(Sc2csc(C=O)c2)n(C)n1. The molecule has 0 bridgehead atoms. The Bertz CT molecular complexity index is 487. The van der Waals surface area contributed by atoms with E-state index in [4.69, 9.17) is 0 Å². The van der Waals surface area contributed by atoms with Crippen molar-refractivity contribution in [1.82, 2.24) is 9.78 Å². The number of carbonyl (C=O) groups excluding carboxylic acids is 1. The second kappa shape index (κ2) is 4.20. The highest BCUT2D eigenvalue weighted by molar-refractivity contribution is 7.99. The quantitative estimate of drug-likeness (QED) is 0.771. The lowest BCUT2D eigenvalue weighted by molar-refractivity contribution is 0.112. The van der Waals surface area contributed by atoms with Crippen LogP contribution in [0.3, 0.4) is 0 Å². The number of aromatic nitrogens is 2. The van der Waals surface area contributed by atoms with Crippen LogP contribution in [0, 0.1) is 6.92 Å². The highest BCUT2D eigenvalue weighted by Gasteiger charge is 2.06. The molecule has 0 aliphatic rings. The molecule has 0 aliphatic carbocycles. The summed E-state index contributed by atoms with van der Waals surface area (Å²) in [5.74, 6) is 0. The van der Waals surface area contributed by atoms with Gasteiger partial charge in [-0.25, -0.2) is 0 Å². The molecule has 0 aliphatic heterocycles. The molecule has 0 atom stereocenters. The minimum absolute atomic E-state index is 0.761. The molecule has 3 nitrogen and oxygen atoms in total. The van der Waals surface area contributed by atoms with E-state index in [1.165, 1.54) is 11.3 Å². The lowest BCUT2D eigenvalue weighted by Gasteiger charge is -1.97. The van der Waals surface area contributed by atoms with E-state index in [2.05, 4.69) is 5.10 Å². The Morgan fingerprint density at radius 2 is 2.33 bits per heavy atom. The first-order valence-electron chi connectivity index (χ1n) is 4.41. The molecule has 0 saturated carbocycles. The lowest BCUT2D eigenvalue weighted by Crippen LogP contribution is -1.91. The number of thiophene rings is 1. The molecule has 0 amide bonds. The van der Waals surface area contributed by atoms with Gasteiger partial charge in [-0.2, -0.15) is 5.10 Å². The van der Waals surface area contributed by atoms with Crippen molar-refractivity contribution in [2.45, 2.75) is 16.8 Å². The van der Waals surface area contributed by atoms with Crippen molar-refractivity contribution in [2.24, 2.45) is 7.05 Å². The molecule has 0 N–H and O–H groups in total. The normalized spacial score (nSPS) is 10.5. The molecule has 2 aromatic heterocycles. The van der Waals surface area contributed by atoms with Crippen molar-refractivity contribution in [3.8, 4) is 0 Å². The fourth-order valence-electron chi connectivity index (χ4n) is 1.25. The number of nitrogens with zero attached hydrogens (tertiary/aromatic N) is 2. The predicted molar refractivity (Wildman–Crippen MR) is 61.8 cm³/mol. The number of aldehydes is 1. The molecular weight excluding hydrogens is 228 g/mol. The number of aryl methyl sites for hydroxylation is 2. The molecule has 78 valence electrons. The second-order valence-electron chi connectivity index (χ2n) is 3.15. The topological polar surface area (TPSA) is 34.9 Å². The van der Waals surface area contributed by atoms with E-state index in [1.54, 1.807) is 11.8 Å². The van der Waals surface area contributed by atoms with Crippen LogP contribution in [0.4, 0.5) is 0 Å². The van der Waals surface area contributed by atoms with E-state index >= 15 is 0 Å². The van der Waals surface area contributed by atoms with Crippen LogP contribution in [0.5, 0.6) is 0 Å². The van der Waals surface area contributed by atoms with Crippen LogP contribution in [0.1, 0.15) is 15.4 Å². The van der Waals surface area contributed by atoms with Gasteiger partial charge in [0.25, 0.3) is 0 Å². The Morgan fingerprint density at radius 3 is 2.87 bits per heavy atom. The smallest absolute Gasteiger partial charge is 0.160 e. The van der Waals surface area contributed by atoms with E-state index < -0.39 is 0 Å². The van der Waals surface area contributed by atoms with Gasteiger partial charge in [-0.3, -0.25) is 9.48 Å². The number of carbonyl (C=O) groups is 1. The summed E-state index contributed by atoms with van der Waals surface area (Å²) < 4.78 is 1.85. The summed E-state index contributed by atoms with van der Waals surface area (Å²) in [6.45, 7) is 1.97. The standard InChI is InChI=1S/C10H10N2OS2/c1-7-3-10(12(2)11-7)15-9-4-8(5-13)14-6-9/h3-6H,1-2H3. The summed E-state index contributed by atoms with van der Waals surface area (Å²) in [4.78, 5) is 12.4. The first-order chi connectivity index (χ1) is 7.19. The molecule has 2 heterocycles. The van der Waals surface area contributed by atoms with Crippen LogP contribution in [-0.4, -0.2) is 16.1 Å². The Morgan fingerprint density at radius 1 is 1.53 bits per heavy atom. The second-order valence-corrected chi connectivity index (χ2v) is 5.19. The van der Waals surface area contributed by atoms with Crippen molar-refractivity contribution in [3.63, 3.8) is 0 Å². The molecular formula is C10H10N2OS2. The van der Waals surface area contributed by atoms with Crippen molar-refractivity contribution in [2.75, 3.05) is 0 Å². The van der Waals surface area contributed by atoms with E-state index in [0.717, 1.165) is 26.8 Å². The van der Waals surface area contributed by atoms with Gasteiger partial charge >= 0.3 is 0 Å². The zero-order valence-corrected chi connectivity index (χ0v) is 10.1. The third-order valence-electron chi connectivity index (χ3n) is 1.89. The summed E-state index contributed by atoms with van der Waals surface area (Å²) in [6.07, 6.45) is 0.878. The Kier molecular flexibility index (Phi) is 2.93. The zero-order valence-electron chi connectivity index (χ0n) is 8.43. The van der Waals surface area contributed by atoms with Gasteiger partial charge in [0.05, 0.1) is 15.6 Å². The van der Waals surface area contributed by atoms with Gasteiger partial charge in [-0.15, -0.1) is 11.3 Å². The fraction of sp³-hybridized carbons (Fsp3) is 0.200. The maximum Gasteiger partial charge on any atom is 0.160 e. The van der Waals surface area contributed by atoms with Crippen molar-refractivity contribution < 1.29 is 4.79 Å². The lowest BCUT2D eigenvalue weighted by atomic mass is 10.5. The van der Waals surface area contributed by atoms with E-state index in [-0.39, 0.29) is 0 Å². The molecule has 2 rings (SSSR count). The van der Waals surface area contributed by atoms with Gasteiger partial charge in [-0.05, 0) is 19.1 Å². The average molecular weight is 238 g/mol. The molecule has 15 heavy (non-hydrogen) atoms. The summed E-state index contributed by atoms with van der Waals surface area (Å²) in [5, 5.41) is 7.33. The van der Waals surface area contributed by atoms with Gasteiger partial charge in [-0.1, -0.05) is 11.8 Å². The molecule has 5 heteroatoms. The van der Waals surface area contributed by atoms with Crippen LogP contribution in [0.15, 0.2) is 27.4 Å². The molecule has 0 spiro atoms. The monoisotopic (exact) mass is 238 g/mol. The van der Waals surface area contributed by atoms with Crippen LogP contribution in [0.2, 0.25) is 0 Å². The summed E-state index contributed by atoms with van der Waals surface area (Å²) in [5.41, 5.74) is 1.01. The number of hydrogen-bond acceptors (Lipinski definition) is 4. The first kappa shape index (κ1) is 10.4. The van der Waals surface area contributed by atoms with E-state index in [1.807, 2.05) is 36.2 Å². The van der Waals surface area contributed by atoms with Crippen molar-refractivity contribution in [3.05, 3.63) is 28.1 Å². The summed E-state index contributed by atoms with van der Waals surface area (Å²) in [6, 6.07) is 3.92. The van der Waals surface area contributed by atoms with Crippen LogP contribution < -0.4 is 0 Å². The van der Waals surface area contributed by atoms with Gasteiger partial charge in [0.15, 0.2) is 6.29 Å². The molecule has 0 saturated heterocycles. The fourth-order valence-corrected chi connectivity index (χ4v) is 3.06. The number of hydrogen-bond donors (Lipinski definition) is 0. The molecule has 0 radical (unpaired) electrons. The van der Waals surface area contributed by atoms with E-state index in [9.17, 15) is 4.79 Å². The number of rotatable bonds is 3. The van der Waals surface area contributed by atoms with E-state index in [0.29, 0.717) is 0 Å². The maximum absolute atomic E-state index is 10.5. The zero-order chi connectivity index (χ0) is 10.8. The van der Waals surface area contributed by atoms with Gasteiger partial charge < -0.3 is 0 Å². The average Bonchev–Trinajstić information content (AvgIpc) is 2.75. The van der Waals surface area contributed by atoms with Gasteiger partial charge in [0.2, 0.25) is 0 Å². The Hall–Kier alpha value is -1.07. The third-order valence-corrected chi connectivity index (χ3v) is 3.96. The first-order valence-corrected chi connectivity index (χ1v) is 6.11. The minimum atomic E-state index is 0.761. The highest BCUT2D eigenvalue weighted by Crippen LogP contribution is 2.30. The molecule has 0 fully saturated rings. The Balaban J connectivity index is 2.21. The molecule has 0 unspecified atom stereocenters. The van der Waals surface area contributed by atoms with Gasteiger partial charge in [0, 0.05) is 17.3 Å². The largest absolute Gasteiger partial charge is 0.297 e.